The van der Waals surface area contributed by atoms with E-state index in [2.05, 4.69) is 17.1 Å². The van der Waals surface area contributed by atoms with Gasteiger partial charge in [0.15, 0.2) is 11.5 Å². The van der Waals surface area contributed by atoms with Crippen LogP contribution in [0.15, 0.2) is 42.5 Å². The second kappa shape index (κ2) is 10.8. The van der Waals surface area contributed by atoms with Gasteiger partial charge < -0.3 is 19.7 Å². The van der Waals surface area contributed by atoms with Gasteiger partial charge in [-0.05, 0) is 43.2 Å². The van der Waals surface area contributed by atoms with E-state index in [4.69, 9.17) is 9.47 Å². The lowest BCUT2D eigenvalue weighted by Gasteiger charge is -2.34. The maximum atomic E-state index is 12.9. The fourth-order valence-corrected chi connectivity index (χ4v) is 3.71. The first kappa shape index (κ1) is 22.6. The number of hydrogen-bond acceptors (Lipinski definition) is 5. The molecule has 2 aromatic rings. The summed E-state index contributed by atoms with van der Waals surface area (Å²) in [5, 5.41) is 3.01. The van der Waals surface area contributed by atoms with E-state index in [9.17, 15) is 9.59 Å². The molecular weight excluding hydrogens is 394 g/mol. The SMILES string of the molecule is CCOc1cc(C(=O)N2CCN(CC(=O)Nc3ccccc3CC)CC2)ccc1OC. The monoisotopic (exact) mass is 425 g/mol. The van der Waals surface area contributed by atoms with Crippen LogP contribution in [0.2, 0.25) is 0 Å². The molecular formula is C24H31N3O4. The van der Waals surface area contributed by atoms with Crippen molar-refractivity contribution in [2.75, 3.05) is 51.8 Å². The van der Waals surface area contributed by atoms with E-state index >= 15 is 0 Å². The predicted octanol–water partition coefficient (Wildman–Crippen LogP) is 3.05. The maximum absolute atomic E-state index is 12.9. The summed E-state index contributed by atoms with van der Waals surface area (Å²) in [7, 11) is 1.58. The number of aryl methyl sites for hydroxylation is 1. The van der Waals surface area contributed by atoms with Gasteiger partial charge in [0, 0.05) is 37.4 Å². The molecule has 0 aromatic heterocycles. The van der Waals surface area contributed by atoms with E-state index in [1.807, 2.05) is 36.1 Å². The minimum atomic E-state index is -0.0374. The topological polar surface area (TPSA) is 71.1 Å². The van der Waals surface area contributed by atoms with Gasteiger partial charge in [-0.15, -0.1) is 0 Å². The molecule has 1 fully saturated rings. The van der Waals surface area contributed by atoms with Crippen LogP contribution in [0.25, 0.3) is 0 Å². The number of para-hydroxylation sites is 1. The lowest BCUT2D eigenvalue weighted by molar-refractivity contribution is -0.117. The third-order valence-corrected chi connectivity index (χ3v) is 5.41. The molecule has 0 unspecified atom stereocenters. The van der Waals surface area contributed by atoms with Crippen LogP contribution in [0.4, 0.5) is 5.69 Å². The fourth-order valence-electron chi connectivity index (χ4n) is 3.71. The normalized spacial score (nSPS) is 14.2. The number of rotatable bonds is 8. The molecule has 0 saturated carbocycles. The summed E-state index contributed by atoms with van der Waals surface area (Å²) in [6.07, 6.45) is 0.869. The molecule has 1 aliphatic rings. The van der Waals surface area contributed by atoms with E-state index < -0.39 is 0 Å². The Kier molecular flexibility index (Phi) is 7.89. The summed E-state index contributed by atoms with van der Waals surface area (Å²) in [4.78, 5) is 29.3. The van der Waals surface area contributed by atoms with Crippen molar-refractivity contribution in [3.8, 4) is 11.5 Å². The number of benzene rings is 2. The number of piperazine rings is 1. The van der Waals surface area contributed by atoms with E-state index in [1.165, 1.54) is 0 Å². The first-order chi connectivity index (χ1) is 15.0. The number of hydrogen-bond donors (Lipinski definition) is 1. The van der Waals surface area contributed by atoms with Crippen molar-refractivity contribution in [2.24, 2.45) is 0 Å². The van der Waals surface area contributed by atoms with Gasteiger partial charge in [0.2, 0.25) is 5.91 Å². The molecule has 1 aliphatic heterocycles. The second-order valence-electron chi connectivity index (χ2n) is 7.43. The van der Waals surface area contributed by atoms with Crippen LogP contribution in [-0.2, 0) is 11.2 Å². The Bertz CT molecular complexity index is 907. The molecule has 1 N–H and O–H groups in total. The molecule has 7 nitrogen and oxygen atoms in total. The largest absolute Gasteiger partial charge is 0.493 e. The number of ether oxygens (including phenoxy) is 2. The van der Waals surface area contributed by atoms with E-state index in [0.29, 0.717) is 56.4 Å². The van der Waals surface area contributed by atoms with Gasteiger partial charge >= 0.3 is 0 Å². The summed E-state index contributed by atoms with van der Waals surface area (Å²) in [5.74, 6) is 1.11. The van der Waals surface area contributed by atoms with Crippen LogP contribution >= 0.6 is 0 Å². The molecule has 2 amide bonds. The highest BCUT2D eigenvalue weighted by atomic mass is 16.5. The molecule has 0 bridgehead atoms. The quantitative estimate of drug-likeness (QED) is 0.704. The van der Waals surface area contributed by atoms with Crippen molar-refractivity contribution in [3.05, 3.63) is 53.6 Å². The number of carbonyl (C=O) groups excluding carboxylic acids is 2. The Labute approximate surface area is 183 Å². The van der Waals surface area contributed by atoms with Crippen LogP contribution < -0.4 is 14.8 Å². The molecule has 3 rings (SSSR count). The molecule has 7 heteroatoms. The number of nitrogens with zero attached hydrogens (tertiary/aromatic N) is 2. The van der Waals surface area contributed by atoms with Gasteiger partial charge in [-0.25, -0.2) is 0 Å². The summed E-state index contributed by atoms with van der Waals surface area (Å²) in [5.41, 5.74) is 2.57. The summed E-state index contributed by atoms with van der Waals surface area (Å²) >= 11 is 0. The van der Waals surface area contributed by atoms with E-state index in [0.717, 1.165) is 17.7 Å². The maximum Gasteiger partial charge on any atom is 0.254 e. The minimum Gasteiger partial charge on any atom is -0.493 e. The molecule has 1 heterocycles. The van der Waals surface area contributed by atoms with Crippen LogP contribution in [-0.4, -0.2) is 68.1 Å². The molecule has 1 saturated heterocycles. The molecule has 0 atom stereocenters. The molecule has 166 valence electrons. The third-order valence-electron chi connectivity index (χ3n) is 5.41. The highest BCUT2D eigenvalue weighted by Crippen LogP contribution is 2.28. The summed E-state index contributed by atoms with van der Waals surface area (Å²) in [6, 6.07) is 13.1. The zero-order chi connectivity index (χ0) is 22.2. The van der Waals surface area contributed by atoms with Crippen molar-refractivity contribution < 1.29 is 19.1 Å². The van der Waals surface area contributed by atoms with Gasteiger partial charge in [-0.3, -0.25) is 14.5 Å². The van der Waals surface area contributed by atoms with Gasteiger partial charge in [-0.2, -0.15) is 0 Å². The van der Waals surface area contributed by atoms with E-state index in [-0.39, 0.29) is 11.8 Å². The minimum absolute atomic E-state index is 0.0304. The van der Waals surface area contributed by atoms with Gasteiger partial charge in [0.1, 0.15) is 0 Å². The Hall–Kier alpha value is -3.06. The van der Waals surface area contributed by atoms with Crippen molar-refractivity contribution >= 4 is 17.5 Å². The molecule has 0 aliphatic carbocycles. The lowest BCUT2D eigenvalue weighted by atomic mass is 10.1. The molecule has 0 radical (unpaired) electrons. The Morgan fingerprint density at radius 2 is 1.74 bits per heavy atom. The van der Waals surface area contributed by atoms with Crippen molar-refractivity contribution in [1.82, 2.24) is 9.80 Å². The highest BCUT2D eigenvalue weighted by molar-refractivity contribution is 5.95. The first-order valence-corrected chi connectivity index (χ1v) is 10.8. The second-order valence-corrected chi connectivity index (χ2v) is 7.43. The zero-order valence-electron chi connectivity index (χ0n) is 18.5. The number of amides is 2. The van der Waals surface area contributed by atoms with E-state index in [1.54, 1.807) is 25.3 Å². The standard InChI is InChI=1S/C24H31N3O4/c1-4-18-8-6-7-9-20(18)25-23(28)17-26-12-14-27(15-13-26)24(29)19-10-11-21(30-3)22(16-19)31-5-2/h6-11,16H,4-5,12-15,17H2,1-3H3,(H,25,28). The highest BCUT2D eigenvalue weighted by Gasteiger charge is 2.24. The number of nitrogens with one attached hydrogen (secondary N) is 1. The number of carbonyl (C=O) groups is 2. The molecule has 0 spiro atoms. The number of methoxy groups -OCH3 is 1. The van der Waals surface area contributed by atoms with Gasteiger partial charge in [0.05, 0.1) is 20.3 Å². The van der Waals surface area contributed by atoms with Crippen LogP contribution in [0, 0.1) is 0 Å². The lowest BCUT2D eigenvalue weighted by Crippen LogP contribution is -2.50. The molecule has 31 heavy (non-hydrogen) atoms. The summed E-state index contributed by atoms with van der Waals surface area (Å²) < 4.78 is 10.9. The average Bonchev–Trinajstić information content (AvgIpc) is 2.79. The smallest absolute Gasteiger partial charge is 0.254 e. The first-order valence-electron chi connectivity index (χ1n) is 10.8. The summed E-state index contributed by atoms with van der Waals surface area (Å²) in [6.45, 7) is 7.24. The van der Waals surface area contributed by atoms with Crippen molar-refractivity contribution in [3.63, 3.8) is 0 Å². The van der Waals surface area contributed by atoms with Crippen LogP contribution in [0.1, 0.15) is 29.8 Å². The Balaban J connectivity index is 1.54. The molecule has 2 aromatic carbocycles. The van der Waals surface area contributed by atoms with Crippen molar-refractivity contribution in [2.45, 2.75) is 20.3 Å². The Morgan fingerprint density at radius 1 is 1.00 bits per heavy atom. The van der Waals surface area contributed by atoms with Crippen molar-refractivity contribution in [1.29, 1.82) is 0 Å². The Morgan fingerprint density at radius 3 is 2.42 bits per heavy atom. The van der Waals surface area contributed by atoms with Gasteiger partial charge in [-0.1, -0.05) is 25.1 Å². The zero-order valence-corrected chi connectivity index (χ0v) is 18.5. The predicted molar refractivity (Wildman–Crippen MR) is 121 cm³/mol. The van der Waals surface area contributed by atoms with Crippen LogP contribution in [0.3, 0.4) is 0 Å². The average molecular weight is 426 g/mol. The number of anilines is 1. The van der Waals surface area contributed by atoms with Gasteiger partial charge in [0.25, 0.3) is 5.91 Å². The third kappa shape index (κ3) is 5.76. The fraction of sp³-hybridized carbons (Fsp3) is 0.417. The van der Waals surface area contributed by atoms with Crippen LogP contribution in [0.5, 0.6) is 11.5 Å².